The van der Waals surface area contributed by atoms with Gasteiger partial charge in [0.15, 0.2) is 54.3 Å². The Bertz CT molecular complexity index is 1850. The van der Waals surface area contributed by atoms with Crippen molar-refractivity contribution in [2.75, 3.05) is 19.8 Å². The monoisotopic (exact) mass is 982 g/mol. The zero-order valence-electron chi connectivity index (χ0n) is 38.3. The second-order valence-corrected chi connectivity index (χ2v) is 15.4. The molecule has 67 heavy (non-hydrogen) atoms. The maximum atomic E-state index is 13.0. The van der Waals surface area contributed by atoms with E-state index >= 15 is 0 Å². The van der Waals surface area contributed by atoms with E-state index in [2.05, 4.69) is 0 Å². The second-order valence-electron chi connectivity index (χ2n) is 14.9. The average Bonchev–Trinajstić information content (AvgIpc) is 3.17. The van der Waals surface area contributed by atoms with Gasteiger partial charge in [-0.15, -0.1) is 0 Å². The zero-order valence-corrected chi connectivity index (χ0v) is 39.1. The highest BCUT2D eigenvalue weighted by Crippen LogP contribution is 2.38. The molecule has 3 saturated heterocycles. The predicted octanol–water partition coefficient (Wildman–Crippen LogP) is -0.493. The number of hydrogen-bond acceptors (Lipinski definition) is 27. The number of thiocarbonyl (C=S) groups is 1. The van der Waals surface area contributed by atoms with Gasteiger partial charge in [-0.05, 0) is 12.2 Å². The minimum atomic E-state index is -2.02. The van der Waals surface area contributed by atoms with Crippen molar-refractivity contribution in [1.29, 1.82) is 0 Å². The third-order valence-corrected chi connectivity index (χ3v) is 9.20. The molecule has 3 aliphatic heterocycles. The first kappa shape index (κ1) is 55.7. The van der Waals surface area contributed by atoms with Crippen molar-refractivity contribution in [3.8, 4) is 0 Å². The van der Waals surface area contributed by atoms with E-state index in [1.54, 1.807) is 0 Å². The normalized spacial score (nSPS) is 31.2. The van der Waals surface area contributed by atoms with Gasteiger partial charge in [-0.1, -0.05) is 0 Å². The van der Waals surface area contributed by atoms with Crippen LogP contribution in [0.1, 0.15) is 76.2 Å². The molecule has 3 aliphatic rings. The van der Waals surface area contributed by atoms with Crippen LogP contribution in [0.3, 0.4) is 0 Å². The number of carbonyl (C=O) groups is 10. The van der Waals surface area contributed by atoms with E-state index in [-0.39, 0.29) is 5.05 Å². The van der Waals surface area contributed by atoms with Crippen LogP contribution >= 0.6 is 12.2 Å². The van der Waals surface area contributed by atoms with Gasteiger partial charge in [0.2, 0.25) is 12.4 Å². The molecular formula is C40H54O26S. The van der Waals surface area contributed by atoms with Gasteiger partial charge < -0.3 is 75.8 Å². The van der Waals surface area contributed by atoms with Gasteiger partial charge in [0.1, 0.15) is 50.3 Å². The molecular weight excluding hydrogens is 928 g/mol. The lowest BCUT2D eigenvalue weighted by atomic mass is 9.95. The van der Waals surface area contributed by atoms with Gasteiger partial charge in [0.25, 0.3) is 0 Å². The summed E-state index contributed by atoms with van der Waals surface area (Å²) in [6.45, 7) is 9.22. The molecule has 0 spiro atoms. The fraction of sp³-hybridized carbons (Fsp3) is 0.725. The summed E-state index contributed by atoms with van der Waals surface area (Å²) in [5, 5.41) is -0.125. The van der Waals surface area contributed by atoms with Crippen LogP contribution in [-0.2, 0) is 124 Å². The Morgan fingerprint density at radius 2 is 0.552 bits per heavy atom. The maximum Gasteiger partial charge on any atom is 0.303 e. The van der Waals surface area contributed by atoms with Crippen LogP contribution in [0, 0.1) is 0 Å². The number of carbonyl (C=O) groups excluding carboxylic acids is 10. The maximum absolute atomic E-state index is 13.0. The number of rotatable bonds is 18. The fourth-order valence-electron chi connectivity index (χ4n) is 7.01. The first-order valence-electron chi connectivity index (χ1n) is 20.3. The molecule has 0 bridgehead atoms. The Morgan fingerprint density at radius 3 is 0.836 bits per heavy atom. The van der Waals surface area contributed by atoms with Crippen LogP contribution in [0.5, 0.6) is 0 Å². The summed E-state index contributed by atoms with van der Waals surface area (Å²) in [5.74, 6) is -9.47. The largest absolute Gasteiger partial charge is 0.463 e. The highest BCUT2D eigenvalue weighted by molar-refractivity contribution is 7.80. The summed E-state index contributed by atoms with van der Waals surface area (Å²) in [6, 6.07) is 0. The van der Waals surface area contributed by atoms with E-state index < -0.39 is 172 Å². The van der Waals surface area contributed by atoms with Crippen LogP contribution in [0.2, 0.25) is 0 Å². The molecule has 0 aromatic heterocycles. The minimum Gasteiger partial charge on any atom is -0.463 e. The van der Waals surface area contributed by atoms with E-state index in [4.69, 9.17) is 88.0 Å². The molecule has 0 N–H and O–H groups in total. The molecule has 3 rings (SSSR count). The van der Waals surface area contributed by atoms with E-state index in [9.17, 15) is 47.9 Å². The van der Waals surface area contributed by atoms with Crippen molar-refractivity contribution in [3.05, 3.63) is 0 Å². The van der Waals surface area contributed by atoms with Crippen molar-refractivity contribution in [3.63, 3.8) is 0 Å². The van der Waals surface area contributed by atoms with Gasteiger partial charge in [-0.3, -0.25) is 47.9 Å². The van der Waals surface area contributed by atoms with Gasteiger partial charge >= 0.3 is 59.7 Å². The molecule has 0 aromatic carbocycles. The van der Waals surface area contributed by atoms with E-state index in [0.29, 0.717) is 0 Å². The van der Waals surface area contributed by atoms with Crippen molar-refractivity contribution in [2.24, 2.45) is 0 Å². The molecule has 27 heteroatoms. The lowest BCUT2D eigenvalue weighted by Gasteiger charge is -2.50. The fourth-order valence-corrected chi connectivity index (χ4v) is 7.11. The third kappa shape index (κ3) is 17.2. The zero-order chi connectivity index (χ0) is 50.4. The first-order valence-corrected chi connectivity index (χ1v) is 20.7. The molecule has 0 radical (unpaired) electrons. The number of esters is 10. The van der Waals surface area contributed by atoms with Gasteiger partial charge in [0.05, 0.1) is 0 Å². The summed E-state index contributed by atoms with van der Waals surface area (Å²) in [7, 11) is 0. The van der Waals surface area contributed by atoms with Crippen molar-refractivity contribution in [2.45, 2.75) is 168 Å². The van der Waals surface area contributed by atoms with E-state index in [1.165, 1.54) is 6.92 Å². The van der Waals surface area contributed by atoms with Crippen LogP contribution in [0.15, 0.2) is 0 Å². The van der Waals surface area contributed by atoms with E-state index in [0.717, 1.165) is 69.2 Å². The lowest BCUT2D eigenvalue weighted by Crippen LogP contribution is -2.69. The number of hydrogen-bond donors (Lipinski definition) is 0. The predicted molar refractivity (Wildman–Crippen MR) is 214 cm³/mol. The van der Waals surface area contributed by atoms with Gasteiger partial charge in [-0.2, -0.15) is 0 Å². The van der Waals surface area contributed by atoms with Gasteiger partial charge in [-0.25, -0.2) is 0 Å². The summed E-state index contributed by atoms with van der Waals surface area (Å²) >= 11 is 5.09. The topological polar surface area (TPSA) is 318 Å². The van der Waals surface area contributed by atoms with Crippen molar-refractivity contribution >= 4 is 77.0 Å². The lowest BCUT2D eigenvalue weighted by molar-refractivity contribution is -0.378. The Morgan fingerprint density at radius 1 is 0.313 bits per heavy atom. The van der Waals surface area contributed by atoms with Crippen molar-refractivity contribution < 1.29 is 124 Å². The average molecular weight is 983 g/mol. The van der Waals surface area contributed by atoms with Crippen molar-refractivity contribution in [1.82, 2.24) is 0 Å². The summed E-state index contributed by atoms with van der Waals surface area (Å²) in [5.41, 5.74) is 0. The molecule has 0 aromatic rings. The molecule has 0 amide bonds. The SMILES string of the molecule is CC(=O)OC[C@H]1O[C@@H](O[C@H]2[C@H](OC(C)=O)[C@@H](OC(C)=O)[C@H](O[C@H]3[C@H](OC(C)=O)[C@@H](OC(C)=O)[C@@H](OC(C)=S)O[C@@H]3COC(C)=O)O[C@@H]2COC(C)=O)[C@H](OC(C)=O)[C@@H](OC(C)=O)[C@@H]1OC(C)=O. The van der Waals surface area contributed by atoms with Crippen LogP contribution in [-0.4, -0.2) is 177 Å². The molecule has 15 atom stereocenters. The van der Waals surface area contributed by atoms with Gasteiger partial charge in [0, 0.05) is 76.2 Å². The molecule has 0 saturated carbocycles. The third-order valence-electron chi connectivity index (χ3n) is 9.11. The summed E-state index contributed by atoms with van der Waals surface area (Å²) in [6.07, 6.45) is -26.5. The smallest absolute Gasteiger partial charge is 0.303 e. The second kappa shape index (κ2) is 25.5. The summed E-state index contributed by atoms with van der Waals surface area (Å²) in [4.78, 5) is 125. The highest BCUT2D eigenvalue weighted by atomic mass is 32.1. The molecule has 0 unspecified atom stereocenters. The van der Waals surface area contributed by atoms with E-state index in [1.807, 2.05) is 0 Å². The molecule has 376 valence electrons. The Kier molecular flexibility index (Phi) is 21.2. The highest BCUT2D eigenvalue weighted by Gasteiger charge is 2.60. The molecule has 0 aliphatic carbocycles. The number of ether oxygens (including phenoxy) is 16. The minimum absolute atomic E-state index is 0.125. The molecule has 3 heterocycles. The Hall–Kier alpha value is -5.61. The standard InChI is InChI=1S/C40H54O26S/c1-15(41)51-12-26-29(54-18(4)44)32(55-19(5)45)36(59-23(9)49)39(63-26)66-31-28(14-53-17(3)43)64-40(37(60-24(10)50)34(31)57-21(7)47)65-30-27(13-52-16(2)42)62-38(61-25(11)67)35(58-22(8)48)33(30)56-20(6)46/h26-40H,12-14H2,1-11H3/t26-,27-,28-,29-,30-,31-,32+,33+,34+,35-,36-,37-,38+,39+,40+/m1/s1. The molecule has 26 nitrogen and oxygen atoms in total. The van der Waals surface area contributed by atoms with Crippen LogP contribution in [0.4, 0.5) is 0 Å². The van der Waals surface area contributed by atoms with Crippen LogP contribution < -0.4 is 0 Å². The first-order chi connectivity index (χ1) is 31.3. The molecule has 3 fully saturated rings. The van der Waals surface area contributed by atoms with Crippen LogP contribution in [0.25, 0.3) is 0 Å². The summed E-state index contributed by atoms with van der Waals surface area (Å²) < 4.78 is 91.4. The Labute approximate surface area is 388 Å². The Balaban J connectivity index is 2.31. The quantitative estimate of drug-likeness (QED) is 0.0950.